The number of rotatable bonds is 2. The third-order valence-corrected chi connectivity index (χ3v) is 4.46. The highest BCUT2D eigenvalue weighted by atomic mass is 19.1. The quantitative estimate of drug-likeness (QED) is 0.720. The fraction of sp³-hybridized carbons (Fsp3) is 0.158. The topological polar surface area (TPSA) is 46.3 Å². The molecule has 0 N–H and O–H groups in total. The molecule has 2 heterocycles. The van der Waals surface area contributed by atoms with Gasteiger partial charge in [-0.1, -0.05) is 47.6 Å². The fourth-order valence-electron chi connectivity index (χ4n) is 3.17. The van der Waals surface area contributed by atoms with Gasteiger partial charge < -0.3 is 9.42 Å². The van der Waals surface area contributed by atoms with Gasteiger partial charge in [0.1, 0.15) is 17.1 Å². The monoisotopic (exact) mass is 322 g/mol. The summed E-state index contributed by atoms with van der Waals surface area (Å²) in [5.74, 6) is -0.121. The Morgan fingerprint density at radius 1 is 1.12 bits per heavy atom. The van der Waals surface area contributed by atoms with Crippen molar-refractivity contribution in [2.45, 2.75) is 12.5 Å². The van der Waals surface area contributed by atoms with Crippen LogP contribution in [0.25, 0.3) is 11.3 Å². The number of amides is 1. The summed E-state index contributed by atoms with van der Waals surface area (Å²) < 4.78 is 19.5. The molecule has 5 heteroatoms. The van der Waals surface area contributed by atoms with Crippen LogP contribution in [0.4, 0.5) is 4.39 Å². The van der Waals surface area contributed by atoms with E-state index in [9.17, 15) is 9.18 Å². The van der Waals surface area contributed by atoms with Gasteiger partial charge in [-0.05, 0) is 17.7 Å². The highest BCUT2D eigenvalue weighted by Crippen LogP contribution is 2.37. The maximum atomic E-state index is 14.1. The van der Waals surface area contributed by atoms with Crippen molar-refractivity contribution in [3.63, 3.8) is 0 Å². The molecule has 120 valence electrons. The van der Waals surface area contributed by atoms with Crippen molar-refractivity contribution in [3.8, 4) is 11.3 Å². The van der Waals surface area contributed by atoms with Crippen molar-refractivity contribution in [3.05, 3.63) is 77.3 Å². The molecule has 0 saturated carbocycles. The molecule has 0 bridgehead atoms. The number of carbonyl (C=O) groups is 1. The largest absolute Gasteiger partial charge is 0.360 e. The molecule has 1 atom stereocenters. The summed E-state index contributed by atoms with van der Waals surface area (Å²) in [4.78, 5) is 14.5. The van der Waals surface area contributed by atoms with Crippen LogP contribution in [0.2, 0.25) is 0 Å². The molecular formula is C19H15FN2O2. The first-order valence-corrected chi connectivity index (χ1v) is 7.72. The first kappa shape index (κ1) is 14.6. The normalized spacial score (nSPS) is 17.0. The molecule has 1 amide bonds. The molecule has 0 fully saturated rings. The van der Waals surface area contributed by atoms with Crippen LogP contribution in [0.15, 0.2) is 59.1 Å². The van der Waals surface area contributed by atoms with Crippen molar-refractivity contribution < 1.29 is 13.7 Å². The second-order valence-electron chi connectivity index (χ2n) is 5.86. The lowest BCUT2D eigenvalue weighted by Crippen LogP contribution is -2.37. The minimum absolute atomic E-state index is 0.118. The van der Waals surface area contributed by atoms with E-state index < -0.39 is 5.82 Å². The minimum atomic E-state index is -0.422. The number of hydrogen-bond donors (Lipinski definition) is 0. The molecule has 1 unspecified atom stereocenters. The highest BCUT2D eigenvalue weighted by molar-refractivity contribution is 6.01. The smallest absolute Gasteiger partial charge is 0.260 e. The first-order valence-electron chi connectivity index (χ1n) is 7.72. The van der Waals surface area contributed by atoms with Crippen LogP contribution in [0.3, 0.4) is 0 Å². The Morgan fingerprint density at radius 2 is 1.83 bits per heavy atom. The lowest BCUT2D eigenvalue weighted by atomic mass is 9.92. The van der Waals surface area contributed by atoms with Crippen LogP contribution in [-0.2, 0) is 6.42 Å². The number of aromatic nitrogens is 1. The number of fused-ring (bicyclic) bond motifs is 1. The SMILES string of the molecule is CN1C(=O)c2c(-c3ccccc3F)noc2CC1c1ccccc1. The van der Waals surface area contributed by atoms with Crippen LogP contribution >= 0.6 is 0 Å². The van der Waals surface area contributed by atoms with Crippen molar-refractivity contribution >= 4 is 5.91 Å². The summed E-state index contributed by atoms with van der Waals surface area (Å²) in [7, 11) is 1.75. The molecule has 1 aliphatic rings. The van der Waals surface area contributed by atoms with Crippen molar-refractivity contribution in [2.24, 2.45) is 0 Å². The van der Waals surface area contributed by atoms with Crippen LogP contribution in [0.1, 0.15) is 27.7 Å². The van der Waals surface area contributed by atoms with Gasteiger partial charge in [0, 0.05) is 19.0 Å². The summed E-state index contributed by atoms with van der Waals surface area (Å²) in [6, 6.07) is 15.9. The van der Waals surface area contributed by atoms with Gasteiger partial charge in [0.25, 0.3) is 5.91 Å². The lowest BCUT2D eigenvalue weighted by Gasteiger charge is -2.31. The summed E-state index contributed by atoms with van der Waals surface area (Å²) >= 11 is 0. The predicted molar refractivity (Wildman–Crippen MR) is 86.9 cm³/mol. The van der Waals surface area contributed by atoms with Gasteiger partial charge in [0.2, 0.25) is 0 Å². The molecular weight excluding hydrogens is 307 g/mol. The molecule has 1 aromatic heterocycles. The number of nitrogens with zero attached hydrogens (tertiary/aromatic N) is 2. The number of likely N-dealkylation sites (N-methyl/N-ethyl adjacent to an activating group) is 1. The maximum Gasteiger partial charge on any atom is 0.260 e. The Kier molecular flexibility index (Phi) is 3.41. The van der Waals surface area contributed by atoms with E-state index >= 15 is 0 Å². The fourth-order valence-corrected chi connectivity index (χ4v) is 3.17. The van der Waals surface area contributed by atoms with Gasteiger partial charge in [0.15, 0.2) is 5.76 Å². The zero-order valence-corrected chi connectivity index (χ0v) is 13.1. The Morgan fingerprint density at radius 3 is 2.58 bits per heavy atom. The number of halogens is 1. The Hall–Kier alpha value is -2.95. The minimum Gasteiger partial charge on any atom is -0.360 e. The average Bonchev–Trinajstić information content (AvgIpc) is 3.03. The summed E-state index contributed by atoms with van der Waals surface area (Å²) in [5, 5.41) is 3.98. The van der Waals surface area contributed by atoms with Crippen LogP contribution in [0, 0.1) is 5.82 Å². The highest BCUT2D eigenvalue weighted by Gasteiger charge is 2.37. The Balaban J connectivity index is 1.80. The van der Waals surface area contributed by atoms with E-state index in [2.05, 4.69) is 5.16 Å². The molecule has 2 aromatic carbocycles. The van der Waals surface area contributed by atoms with Gasteiger partial charge in [-0.25, -0.2) is 4.39 Å². The molecule has 0 radical (unpaired) electrons. The van der Waals surface area contributed by atoms with E-state index in [1.165, 1.54) is 6.07 Å². The summed E-state index contributed by atoms with van der Waals surface area (Å²) in [5.41, 5.74) is 1.94. The van der Waals surface area contributed by atoms with Crippen LogP contribution < -0.4 is 0 Å². The first-order chi connectivity index (χ1) is 11.7. The number of benzene rings is 2. The molecule has 0 spiro atoms. The zero-order chi connectivity index (χ0) is 16.7. The maximum absolute atomic E-state index is 14.1. The molecule has 4 nitrogen and oxygen atoms in total. The summed E-state index contributed by atoms with van der Waals surface area (Å²) in [6.07, 6.45) is 0.517. The predicted octanol–water partition coefficient (Wildman–Crippen LogP) is 3.85. The van der Waals surface area contributed by atoms with E-state index in [0.29, 0.717) is 17.7 Å². The molecule has 3 aromatic rings. The molecule has 0 aliphatic carbocycles. The molecule has 1 aliphatic heterocycles. The van der Waals surface area contributed by atoms with E-state index in [-0.39, 0.29) is 23.2 Å². The molecule has 24 heavy (non-hydrogen) atoms. The number of carbonyl (C=O) groups excluding carboxylic acids is 1. The van der Waals surface area contributed by atoms with Gasteiger partial charge in [0.05, 0.1) is 6.04 Å². The van der Waals surface area contributed by atoms with E-state index in [1.807, 2.05) is 30.3 Å². The standard InChI is InChI=1S/C19H15FN2O2/c1-22-15(12-7-3-2-4-8-12)11-16-17(19(22)23)18(21-24-16)13-9-5-6-10-14(13)20/h2-10,15H,11H2,1H3. The van der Waals surface area contributed by atoms with Gasteiger partial charge in [-0.15, -0.1) is 0 Å². The average molecular weight is 322 g/mol. The van der Waals surface area contributed by atoms with Crippen molar-refractivity contribution in [1.82, 2.24) is 10.1 Å². The van der Waals surface area contributed by atoms with Gasteiger partial charge in [-0.2, -0.15) is 0 Å². The molecule has 4 rings (SSSR count). The zero-order valence-electron chi connectivity index (χ0n) is 13.1. The van der Waals surface area contributed by atoms with Crippen molar-refractivity contribution in [2.75, 3.05) is 7.05 Å². The Bertz CT molecular complexity index is 905. The lowest BCUT2D eigenvalue weighted by molar-refractivity contribution is 0.0694. The third kappa shape index (κ3) is 2.21. The second kappa shape index (κ2) is 5.60. The van der Waals surface area contributed by atoms with Crippen LogP contribution in [-0.4, -0.2) is 23.0 Å². The third-order valence-electron chi connectivity index (χ3n) is 4.46. The second-order valence-corrected chi connectivity index (χ2v) is 5.86. The van der Waals surface area contributed by atoms with Crippen molar-refractivity contribution in [1.29, 1.82) is 0 Å². The van der Waals surface area contributed by atoms with Gasteiger partial charge >= 0.3 is 0 Å². The Labute approximate surface area is 138 Å². The van der Waals surface area contributed by atoms with E-state index in [0.717, 1.165) is 5.56 Å². The summed E-state index contributed by atoms with van der Waals surface area (Å²) in [6.45, 7) is 0. The molecule has 0 saturated heterocycles. The van der Waals surface area contributed by atoms with Gasteiger partial charge in [-0.3, -0.25) is 4.79 Å². The van der Waals surface area contributed by atoms with E-state index in [4.69, 9.17) is 4.52 Å². The van der Waals surface area contributed by atoms with E-state index in [1.54, 1.807) is 30.1 Å². The van der Waals surface area contributed by atoms with Crippen LogP contribution in [0.5, 0.6) is 0 Å². The number of hydrogen-bond acceptors (Lipinski definition) is 3.